The highest BCUT2D eigenvalue weighted by Gasteiger charge is 2.29. The molecule has 1 aromatic heterocycles. The number of aryl methyl sites for hydroxylation is 1. The Bertz CT molecular complexity index is 668. The van der Waals surface area contributed by atoms with Crippen LogP contribution in [0.15, 0.2) is 28.8 Å². The summed E-state index contributed by atoms with van der Waals surface area (Å²) in [7, 11) is 0. The van der Waals surface area contributed by atoms with Crippen molar-refractivity contribution >= 4 is 0 Å². The van der Waals surface area contributed by atoms with E-state index in [-0.39, 0.29) is 0 Å². The minimum atomic E-state index is 0.313. The van der Waals surface area contributed by atoms with Crippen LogP contribution in [0.3, 0.4) is 0 Å². The average molecular weight is 330 g/mol. The molecule has 0 amide bonds. The van der Waals surface area contributed by atoms with Gasteiger partial charge in [0.25, 0.3) is 0 Å². The predicted molar refractivity (Wildman–Crippen MR) is 92.4 cm³/mol. The Morgan fingerprint density at radius 3 is 2.67 bits per heavy atom. The summed E-state index contributed by atoms with van der Waals surface area (Å²) in [6.45, 7) is 9.15. The summed E-state index contributed by atoms with van der Waals surface area (Å²) in [5.41, 5.74) is 2.17. The van der Waals surface area contributed by atoms with Gasteiger partial charge in [0.1, 0.15) is 0 Å². The lowest BCUT2D eigenvalue weighted by molar-refractivity contribution is 0.206. The summed E-state index contributed by atoms with van der Waals surface area (Å²) < 4.78 is 16.9. The Morgan fingerprint density at radius 2 is 1.96 bits per heavy atom. The van der Waals surface area contributed by atoms with Gasteiger partial charge in [-0.05, 0) is 57.9 Å². The number of aromatic nitrogens is 1. The Hall–Kier alpha value is -2.01. The first-order valence-electron chi connectivity index (χ1n) is 8.77. The minimum absolute atomic E-state index is 0.313. The van der Waals surface area contributed by atoms with Gasteiger partial charge in [0, 0.05) is 12.6 Å². The van der Waals surface area contributed by atoms with Crippen molar-refractivity contribution < 1.29 is 14.0 Å². The van der Waals surface area contributed by atoms with Gasteiger partial charge in [0.05, 0.1) is 24.9 Å². The molecule has 1 aliphatic heterocycles. The Morgan fingerprint density at radius 1 is 1.17 bits per heavy atom. The highest BCUT2D eigenvalue weighted by atomic mass is 16.5. The summed E-state index contributed by atoms with van der Waals surface area (Å²) in [5.74, 6) is 2.61. The van der Waals surface area contributed by atoms with Crippen molar-refractivity contribution in [3.8, 4) is 11.5 Å². The van der Waals surface area contributed by atoms with E-state index >= 15 is 0 Å². The molecule has 1 atom stereocenters. The zero-order valence-electron chi connectivity index (χ0n) is 14.7. The molecule has 130 valence electrons. The monoisotopic (exact) mass is 330 g/mol. The molecule has 0 bridgehead atoms. The van der Waals surface area contributed by atoms with Gasteiger partial charge in [-0.15, -0.1) is 0 Å². The van der Waals surface area contributed by atoms with Crippen molar-refractivity contribution in [3.63, 3.8) is 0 Å². The molecule has 2 aromatic rings. The number of benzene rings is 1. The lowest BCUT2D eigenvalue weighted by Gasteiger charge is -2.23. The maximum Gasteiger partial charge on any atom is 0.161 e. The molecule has 0 unspecified atom stereocenters. The molecular formula is C19H26N2O3. The van der Waals surface area contributed by atoms with Crippen LogP contribution in [-0.2, 0) is 6.54 Å². The summed E-state index contributed by atoms with van der Waals surface area (Å²) in [5, 5.41) is 4.04. The summed E-state index contributed by atoms with van der Waals surface area (Å²) in [6.07, 6.45) is 2.30. The minimum Gasteiger partial charge on any atom is -0.490 e. The number of hydrogen-bond donors (Lipinski definition) is 0. The number of likely N-dealkylation sites (tertiary alicyclic amines) is 1. The Kier molecular flexibility index (Phi) is 5.41. The summed E-state index contributed by atoms with van der Waals surface area (Å²) in [6, 6.07) is 8.58. The maximum atomic E-state index is 5.74. The van der Waals surface area contributed by atoms with E-state index in [9.17, 15) is 0 Å². The van der Waals surface area contributed by atoms with Gasteiger partial charge in [0.15, 0.2) is 17.3 Å². The smallest absolute Gasteiger partial charge is 0.161 e. The van der Waals surface area contributed by atoms with E-state index in [0.29, 0.717) is 19.3 Å². The third-order valence-corrected chi connectivity index (χ3v) is 4.33. The van der Waals surface area contributed by atoms with Crippen LogP contribution in [0, 0.1) is 6.92 Å². The maximum absolute atomic E-state index is 5.74. The van der Waals surface area contributed by atoms with Crippen LogP contribution in [0.5, 0.6) is 11.5 Å². The molecular weight excluding hydrogens is 304 g/mol. The van der Waals surface area contributed by atoms with E-state index in [2.05, 4.69) is 22.2 Å². The fraction of sp³-hybridized carbons (Fsp3) is 0.526. The summed E-state index contributed by atoms with van der Waals surface area (Å²) in [4.78, 5) is 2.45. The topological polar surface area (TPSA) is 47.7 Å². The van der Waals surface area contributed by atoms with Gasteiger partial charge < -0.3 is 14.0 Å². The predicted octanol–water partition coefficient (Wildman–Crippen LogP) is 4.12. The molecule has 1 aliphatic rings. The van der Waals surface area contributed by atoms with Gasteiger partial charge in [-0.25, -0.2) is 0 Å². The van der Waals surface area contributed by atoms with E-state index < -0.39 is 0 Å². The first-order chi connectivity index (χ1) is 11.7. The second-order valence-electron chi connectivity index (χ2n) is 6.15. The van der Waals surface area contributed by atoms with E-state index in [1.165, 1.54) is 12.0 Å². The SMILES string of the molecule is CCOc1ccc(CN2CCC[C@@H]2c2cc(C)no2)cc1OCC. The zero-order chi connectivity index (χ0) is 16.9. The number of nitrogens with zero attached hydrogens (tertiary/aromatic N) is 2. The van der Waals surface area contributed by atoms with E-state index in [1.807, 2.05) is 32.9 Å². The molecule has 0 saturated carbocycles. The third kappa shape index (κ3) is 3.73. The fourth-order valence-corrected chi connectivity index (χ4v) is 3.31. The van der Waals surface area contributed by atoms with Gasteiger partial charge in [-0.2, -0.15) is 0 Å². The van der Waals surface area contributed by atoms with Crippen LogP contribution in [0.1, 0.15) is 49.7 Å². The molecule has 0 radical (unpaired) electrons. The van der Waals surface area contributed by atoms with Gasteiger partial charge in [0.2, 0.25) is 0 Å². The molecule has 5 nitrogen and oxygen atoms in total. The quantitative estimate of drug-likeness (QED) is 0.764. The van der Waals surface area contributed by atoms with Gasteiger partial charge in [-0.3, -0.25) is 4.90 Å². The van der Waals surface area contributed by atoms with Gasteiger partial charge >= 0.3 is 0 Å². The Labute approximate surface area is 143 Å². The molecule has 0 spiro atoms. The second kappa shape index (κ2) is 7.71. The molecule has 3 rings (SSSR count). The largest absolute Gasteiger partial charge is 0.490 e. The Balaban J connectivity index is 1.75. The van der Waals surface area contributed by atoms with E-state index in [0.717, 1.165) is 42.5 Å². The number of ether oxygens (including phenoxy) is 2. The molecule has 1 aromatic carbocycles. The highest BCUT2D eigenvalue weighted by Crippen LogP contribution is 2.35. The number of rotatable bonds is 7. The van der Waals surface area contributed by atoms with Crippen LogP contribution in [0.4, 0.5) is 0 Å². The molecule has 1 saturated heterocycles. The van der Waals surface area contributed by atoms with Crippen LogP contribution < -0.4 is 9.47 Å². The average Bonchev–Trinajstić information content (AvgIpc) is 3.19. The molecule has 24 heavy (non-hydrogen) atoms. The van der Waals surface area contributed by atoms with Crippen molar-refractivity contribution in [3.05, 3.63) is 41.3 Å². The van der Waals surface area contributed by atoms with Crippen LogP contribution in [-0.4, -0.2) is 29.8 Å². The second-order valence-corrected chi connectivity index (χ2v) is 6.15. The van der Waals surface area contributed by atoms with Crippen molar-refractivity contribution in [1.29, 1.82) is 0 Å². The van der Waals surface area contributed by atoms with Crippen molar-refractivity contribution in [2.75, 3.05) is 19.8 Å². The van der Waals surface area contributed by atoms with Crippen molar-refractivity contribution in [2.45, 2.75) is 46.2 Å². The van der Waals surface area contributed by atoms with Crippen molar-refractivity contribution in [1.82, 2.24) is 10.1 Å². The molecule has 1 fully saturated rings. The standard InChI is InChI=1S/C19H26N2O3/c1-4-22-17-9-8-15(12-19(17)23-5-2)13-21-10-6-7-16(21)18-11-14(3)20-24-18/h8-9,11-12,16H,4-7,10,13H2,1-3H3/t16-/m1/s1. The first-order valence-corrected chi connectivity index (χ1v) is 8.77. The molecule has 5 heteroatoms. The van der Waals surface area contributed by atoms with E-state index in [4.69, 9.17) is 14.0 Å². The van der Waals surface area contributed by atoms with E-state index in [1.54, 1.807) is 0 Å². The van der Waals surface area contributed by atoms with Crippen LogP contribution >= 0.6 is 0 Å². The molecule has 0 aliphatic carbocycles. The molecule has 0 N–H and O–H groups in total. The van der Waals surface area contributed by atoms with Crippen molar-refractivity contribution in [2.24, 2.45) is 0 Å². The van der Waals surface area contributed by atoms with Crippen LogP contribution in [0.2, 0.25) is 0 Å². The fourth-order valence-electron chi connectivity index (χ4n) is 3.31. The normalized spacial score (nSPS) is 18.0. The van der Waals surface area contributed by atoms with Gasteiger partial charge in [-0.1, -0.05) is 11.2 Å². The third-order valence-electron chi connectivity index (χ3n) is 4.33. The highest BCUT2D eigenvalue weighted by molar-refractivity contribution is 5.43. The number of hydrogen-bond acceptors (Lipinski definition) is 5. The lowest BCUT2D eigenvalue weighted by atomic mass is 10.1. The summed E-state index contributed by atoms with van der Waals surface area (Å²) >= 11 is 0. The van der Waals surface area contributed by atoms with Crippen LogP contribution in [0.25, 0.3) is 0 Å². The first kappa shape index (κ1) is 16.8. The lowest BCUT2D eigenvalue weighted by Crippen LogP contribution is -2.22. The zero-order valence-corrected chi connectivity index (χ0v) is 14.7. The molecule has 2 heterocycles.